The molecular weight excluding hydrogens is 234 g/mol. The summed E-state index contributed by atoms with van der Waals surface area (Å²) in [7, 11) is 0. The van der Waals surface area contributed by atoms with Crippen LogP contribution in [0.1, 0.15) is 23.8 Å². The molecule has 0 saturated carbocycles. The van der Waals surface area contributed by atoms with Crippen LogP contribution in [0.25, 0.3) is 17.6 Å². The maximum atomic E-state index is 4.46. The monoisotopic (exact) mass is 247 g/mol. The van der Waals surface area contributed by atoms with E-state index in [1.165, 1.54) is 0 Å². The van der Waals surface area contributed by atoms with E-state index in [4.69, 9.17) is 0 Å². The molecule has 0 spiro atoms. The first kappa shape index (κ1) is 10.6. The van der Waals surface area contributed by atoms with Crippen molar-refractivity contribution in [2.45, 2.75) is 19.5 Å². The molecule has 0 amide bonds. The molecule has 17 heavy (non-hydrogen) atoms. The van der Waals surface area contributed by atoms with Crippen LogP contribution in [0.2, 0.25) is 0 Å². The molecule has 1 atom stereocenters. The second-order valence-corrected chi connectivity index (χ2v) is 4.87. The fraction of sp³-hybridized carbons (Fsp3) is 0.364. The lowest BCUT2D eigenvalue weighted by molar-refractivity contribution is 0.439. The summed E-state index contributed by atoms with van der Waals surface area (Å²) in [6, 6.07) is 0.252. The Bertz CT molecular complexity index is 556. The fourth-order valence-corrected chi connectivity index (χ4v) is 2.65. The first-order chi connectivity index (χ1) is 8.29. The van der Waals surface area contributed by atoms with Crippen molar-refractivity contribution in [2.75, 3.05) is 6.54 Å². The van der Waals surface area contributed by atoms with Crippen molar-refractivity contribution in [3.63, 3.8) is 0 Å². The maximum absolute atomic E-state index is 4.46. The van der Waals surface area contributed by atoms with E-state index >= 15 is 0 Å². The SMILES string of the molecule is C=Cc1nc(-c2nnc3n2CCN[C@H]3C)cs1. The number of thiazole rings is 1. The van der Waals surface area contributed by atoms with Gasteiger partial charge in [-0.2, -0.15) is 0 Å². The quantitative estimate of drug-likeness (QED) is 0.877. The van der Waals surface area contributed by atoms with Gasteiger partial charge >= 0.3 is 0 Å². The summed E-state index contributed by atoms with van der Waals surface area (Å²) in [5.41, 5.74) is 0.887. The molecule has 1 N–H and O–H groups in total. The third kappa shape index (κ3) is 1.69. The number of hydrogen-bond acceptors (Lipinski definition) is 5. The van der Waals surface area contributed by atoms with Crippen LogP contribution in [-0.4, -0.2) is 26.3 Å². The molecule has 0 saturated heterocycles. The number of fused-ring (bicyclic) bond motifs is 1. The number of hydrogen-bond donors (Lipinski definition) is 1. The van der Waals surface area contributed by atoms with Gasteiger partial charge in [-0.05, 0) is 13.0 Å². The van der Waals surface area contributed by atoms with Crippen molar-refractivity contribution in [3.05, 3.63) is 22.8 Å². The molecule has 1 aliphatic rings. The Morgan fingerprint density at radius 1 is 1.59 bits per heavy atom. The Balaban J connectivity index is 2.06. The molecule has 6 heteroatoms. The molecule has 3 rings (SSSR count). The van der Waals surface area contributed by atoms with Crippen molar-refractivity contribution in [1.29, 1.82) is 0 Å². The van der Waals surface area contributed by atoms with Gasteiger partial charge in [0.05, 0.1) is 6.04 Å². The van der Waals surface area contributed by atoms with Crippen LogP contribution in [0, 0.1) is 0 Å². The topological polar surface area (TPSA) is 55.6 Å². The van der Waals surface area contributed by atoms with Gasteiger partial charge < -0.3 is 9.88 Å². The number of nitrogens with zero attached hydrogens (tertiary/aromatic N) is 4. The lowest BCUT2D eigenvalue weighted by atomic mass is 10.2. The van der Waals surface area contributed by atoms with Crippen LogP contribution >= 0.6 is 11.3 Å². The zero-order chi connectivity index (χ0) is 11.8. The molecule has 88 valence electrons. The fourth-order valence-electron chi connectivity index (χ4n) is 2.01. The highest BCUT2D eigenvalue weighted by molar-refractivity contribution is 7.10. The average molecular weight is 247 g/mol. The van der Waals surface area contributed by atoms with E-state index in [0.717, 1.165) is 35.4 Å². The van der Waals surface area contributed by atoms with E-state index in [2.05, 4.69) is 38.6 Å². The summed E-state index contributed by atoms with van der Waals surface area (Å²) in [4.78, 5) is 4.46. The van der Waals surface area contributed by atoms with Crippen LogP contribution in [0.15, 0.2) is 12.0 Å². The predicted octanol–water partition coefficient (Wildman–Crippen LogP) is 1.71. The normalized spacial score (nSPS) is 19.0. The molecule has 0 aliphatic carbocycles. The summed E-state index contributed by atoms with van der Waals surface area (Å²) in [5.74, 6) is 1.84. The van der Waals surface area contributed by atoms with Crippen molar-refractivity contribution in [2.24, 2.45) is 0 Å². The number of aromatic nitrogens is 4. The standard InChI is InChI=1S/C11H13N5S/c1-3-9-13-8(6-17-9)11-15-14-10-7(2)12-4-5-16(10)11/h3,6-7,12H,1,4-5H2,2H3/t7-/m0/s1. The minimum absolute atomic E-state index is 0.252. The summed E-state index contributed by atoms with van der Waals surface area (Å²) in [6.45, 7) is 7.65. The van der Waals surface area contributed by atoms with E-state index in [1.807, 2.05) is 5.38 Å². The second-order valence-electron chi connectivity index (χ2n) is 3.98. The molecule has 5 nitrogen and oxygen atoms in total. The average Bonchev–Trinajstić information content (AvgIpc) is 2.94. The van der Waals surface area contributed by atoms with Crippen molar-refractivity contribution in [1.82, 2.24) is 25.1 Å². The van der Waals surface area contributed by atoms with Gasteiger partial charge in [0.2, 0.25) is 0 Å². The van der Waals surface area contributed by atoms with Crippen LogP contribution in [0.4, 0.5) is 0 Å². The Morgan fingerprint density at radius 3 is 3.24 bits per heavy atom. The molecule has 1 aliphatic heterocycles. The molecule has 0 aromatic carbocycles. The van der Waals surface area contributed by atoms with E-state index < -0.39 is 0 Å². The third-order valence-electron chi connectivity index (χ3n) is 2.88. The first-order valence-corrected chi connectivity index (χ1v) is 6.42. The molecule has 3 heterocycles. The van der Waals surface area contributed by atoms with Crippen molar-refractivity contribution in [3.8, 4) is 11.5 Å². The maximum Gasteiger partial charge on any atom is 0.183 e. The Morgan fingerprint density at radius 2 is 2.47 bits per heavy atom. The Hall–Kier alpha value is -1.53. The predicted molar refractivity (Wildman–Crippen MR) is 67.6 cm³/mol. The summed E-state index contributed by atoms with van der Waals surface area (Å²) >= 11 is 1.57. The molecule has 2 aromatic rings. The zero-order valence-corrected chi connectivity index (χ0v) is 10.4. The molecule has 0 bridgehead atoms. The van der Waals surface area contributed by atoms with Crippen molar-refractivity contribution >= 4 is 17.4 Å². The van der Waals surface area contributed by atoms with Gasteiger partial charge in [-0.1, -0.05) is 6.58 Å². The lowest BCUT2D eigenvalue weighted by Gasteiger charge is -2.21. The first-order valence-electron chi connectivity index (χ1n) is 5.54. The minimum atomic E-state index is 0.252. The van der Waals surface area contributed by atoms with Gasteiger partial charge in [-0.3, -0.25) is 0 Å². The Kier molecular flexibility index (Phi) is 2.53. The van der Waals surface area contributed by atoms with E-state index in [-0.39, 0.29) is 6.04 Å². The highest BCUT2D eigenvalue weighted by Crippen LogP contribution is 2.24. The summed E-state index contributed by atoms with van der Waals surface area (Å²) < 4.78 is 2.14. The minimum Gasteiger partial charge on any atom is -0.307 e. The molecule has 0 fully saturated rings. The lowest BCUT2D eigenvalue weighted by Crippen LogP contribution is -2.32. The highest BCUT2D eigenvalue weighted by Gasteiger charge is 2.22. The van der Waals surface area contributed by atoms with Gasteiger partial charge in [0, 0.05) is 18.5 Å². The van der Waals surface area contributed by atoms with Gasteiger partial charge in [0.25, 0.3) is 0 Å². The van der Waals surface area contributed by atoms with Crippen LogP contribution in [-0.2, 0) is 6.54 Å². The smallest absolute Gasteiger partial charge is 0.183 e. The van der Waals surface area contributed by atoms with Gasteiger partial charge in [0.15, 0.2) is 5.82 Å². The van der Waals surface area contributed by atoms with Gasteiger partial charge in [0.1, 0.15) is 16.5 Å². The van der Waals surface area contributed by atoms with Gasteiger partial charge in [-0.25, -0.2) is 4.98 Å². The molecule has 2 aromatic heterocycles. The zero-order valence-electron chi connectivity index (χ0n) is 9.55. The molecule has 0 radical (unpaired) electrons. The molecular formula is C11H13N5S. The van der Waals surface area contributed by atoms with E-state index in [0.29, 0.717) is 0 Å². The van der Waals surface area contributed by atoms with Crippen LogP contribution in [0.5, 0.6) is 0 Å². The summed E-state index contributed by atoms with van der Waals surface area (Å²) in [6.07, 6.45) is 1.76. The number of rotatable bonds is 2. The largest absolute Gasteiger partial charge is 0.307 e. The third-order valence-corrected chi connectivity index (χ3v) is 3.72. The molecule has 0 unspecified atom stereocenters. The van der Waals surface area contributed by atoms with Crippen LogP contribution < -0.4 is 5.32 Å². The summed E-state index contributed by atoms with van der Waals surface area (Å²) in [5, 5.41) is 14.8. The second kappa shape index (κ2) is 4.05. The highest BCUT2D eigenvalue weighted by atomic mass is 32.1. The number of nitrogens with one attached hydrogen (secondary N) is 1. The Labute approximate surface area is 103 Å². The van der Waals surface area contributed by atoms with E-state index in [9.17, 15) is 0 Å². The van der Waals surface area contributed by atoms with Crippen LogP contribution in [0.3, 0.4) is 0 Å². The van der Waals surface area contributed by atoms with E-state index in [1.54, 1.807) is 17.4 Å². The van der Waals surface area contributed by atoms with Gasteiger partial charge in [-0.15, -0.1) is 21.5 Å². The van der Waals surface area contributed by atoms with Crippen molar-refractivity contribution < 1.29 is 0 Å².